The number of fused-ring (bicyclic) bond motifs is 3. The lowest BCUT2D eigenvalue weighted by molar-refractivity contribution is -0.137. The van der Waals surface area contributed by atoms with E-state index in [2.05, 4.69) is 15.3 Å². The van der Waals surface area contributed by atoms with Crippen molar-refractivity contribution in [3.63, 3.8) is 0 Å². The molecule has 2 heterocycles. The van der Waals surface area contributed by atoms with Crippen molar-refractivity contribution in [1.29, 1.82) is 0 Å². The van der Waals surface area contributed by atoms with Crippen LogP contribution in [0.4, 0.5) is 18.9 Å². The minimum atomic E-state index is -4.42. The minimum absolute atomic E-state index is 0.0561. The predicted molar refractivity (Wildman–Crippen MR) is 105 cm³/mol. The Morgan fingerprint density at radius 3 is 2.62 bits per heavy atom. The summed E-state index contributed by atoms with van der Waals surface area (Å²) in [5, 5.41) is 3.23. The lowest BCUT2D eigenvalue weighted by Gasteiger charge is -2.09. The number of benzene rings is 1. The first-order valence-electron chi connectivity index (χ1n) is 9.32. The van der Waals surface area contributed by atoms with Gasteiger partial charge in [0, 0.05) is 23.4 Å². The van der Waals surface area contributed by atoms with Crippen LogP contribution in [-0.4, -0.2) is 15.9 Å². The van der Waals surface area contributed by atoms with Crippen molar-refractivity contribution in [3.8, 4) is 0 Å². The fourth-order valence-electron chi connectivity index (χ4n) is 3.52. The molecule has 152 valence electrons. The number of rotatable bonds is 4. The number of carbonyl (C=O) groups is 1. The molecule has 0 spiro atoms. The smallest absolute Gasteiger partial charge is 0.326 e. The number of hydrogen-bond acceptors (Lipinski definition) is 4. The van der Waals surface area contributed by atoms with E-state index in [1.165, 1.54) is 17.0 Å². The number of H-pyrrole nitrogens is 1. The first-order valence-corrected chi connectivity index (χ1v) is 10.1. The van der Waals surface area contributed by atoms with Gasteiger partial charge < -0.3 is 10.3 Å². The van der Waals surface area contributed by atoms with Crippen molar-refractivity contribution in [2.75, 3.05) is 5.32 Å². The number of halogens is 3. The molecule has 1 amide bonds. The molecule has 0 aliphatic heterocycles. The zero-order valence-electron chi connectivity index (χ0n) is 15.4. The molecule has 2 aromatic heterocycles. The average molecular weight is 421 g/mol. The molecule has 2 N–H and O–H groups in total. The Kier molecular flexibility index (Phi) is 5.16. The molecule has 1 aliphatic rings. The van der Waals surface area contributed by atoms with Crippen molar-refractivity contribution in [1.82, 2.24) is 9.97 Å². The molecule has 9 heteroatoms. The van der Waals surface area contributed by atoms with Crippen LogP contribution >= 0.6 is 11.3 Å². The van der Waals surface area contributed by atoms with Crippen LogP contribution in [-0.2, 0) is 30.2 Å². The average Bonchev–Trinajstić information content (AvgIpc) is 3.05. The van der Waals surface area contributed by atoms with Crippen molar-refractivity contribution in [3.05, 3.63) is 56.4 Å². The van der Waals surface area contributed by atoms with Gasteiger partial charge in [0.1, 0.15) is 10.7 Å². The fraction of sp³-hybridized carbons (Fsp3) is 0.350. The number of carbonyl (C=O) groups excluding carboxylic acids is 1. The number of nitrogens with one attached hydrogen (secondary N) is 2. The second kappa shape index (κ2) is 7.62. The SMILES string of the molecule is O=C(CCc1nc2sc3c(c2c(=O)[nH]1)CCCC3)Nc1ccc(C(F)(F)F)cc1. The predicted octanol–water partition coefficient (Wildman–Crippen LogP) is 4.45. The van der Waals surface area contributed by atoms with Gasteiger partial charge in [-0.05, 0) is 55.5 Å². The normalized spacial score (nSPS) is 14.0. The standard InChI is InChI=1S/C20H18F3N3O2S/c21-20(22,23)11-5-7-12(8-6-11)24-16(27)10-9-15-25-18(28)17-13-3-1-2-4-14(13)29-19(17)26-15/h5-8H,1-4,9-10H2,(H,24,27)(H,25,26,28). The molecule has 4 rings (SSSR count). The summed E-state index contributed by atoms with van der Waals surface area (Å²) in [5.74, 6) is 0.0710. The lowest BCUT2D eigenvalue weighted by atomic mass is 9.97. The molecule has 0 saturated heterocycles. The number of thiophene rings is 1. The van der Waals surface area contributed by atoms with Crippen LogP contribution in [0.1, 0.15) is 41.1 Å². The first-order chi connectivity index (χ1) is 13.8. The van der Waals surface area contributed by atoms with E-state index in [0.29, 0.717) is 16.0 Å². The number of hydrogen-bond donors (Lipinski definition) is 2. The van der Waals surface area contributed by atoms with Crippen LogP contribution < -0.4 is 10.9 Å². The van der Waals surface area contributed by atoms with Gasteiger partial charge in [0.25, 0.3) is 5.56 Å². The molecule has 0 radical (unpaired) electrons. The molecule has 1 aliphatic carbocycles. The van der Waals surface area contributed by atoms with Crippen molar-refractivity contribution in [2.24, 2.45) is 0 Å². The summed E-state index contributed by atoms with van der Waals surface area (Å²) >= 11 is 1.54. The highest BCUT2D eigenvalue weighted by atomic mass is 32.1. The molecule has 0 saturated carbocycles. The van der Waals surface area contributed by atoms with E-state index in [9.17, 15) is 22.8 Å². The molecule has 0 atom stereocenters. The number of alkyl halides is 3. The summed E-state index contributed by atoms with van der Waals surface area (Å²) in [6.07, 6.45) is -0.0605. The van der Waals surface area contributed by atoms with Gasteiger partial charge in [-0.3, -0.25) is 9.59 Å². The van der Waals surface area contributed by atoms with Gasteiger partial charge in [-0.2, -0.15) is 13.2 Å². The Morgan fingerprint density at radius 2 is 1.90 bits per heavy atom. The molecule has 29 heavy (non-hydrogen) atoms. The van der Waals surface area contributed by atoms with E-state index in [0.717, 1.165) is 43.4 Å². The summed E-state index contributed by atoms with van der Waals surface area (Å²) in [5.41, 5.74) is 0.444. The third kappa shape index (κ3) is 4.19. The summed E-state index contributed by atoms with van der Waals surface area (Å²) in [4.78, 5) is 33.8. The Balaban J connectivity index is 1.43. The van der Waals surface area contributed by atoms with Gasteiger partial charge >= 0.3 is 6.18 Å². The summed E-state index contributed by atoms with van der Waals surface area (Å²) < 4.78 is 37.8. The van der Waals surface area contributed by atoms with Crippen molar-refractivity contribution < 1.29 is 18.0 Å². The highest BCUT2D eigenvalue weighted by Gasteiger charge is 2.30. The molecule has 0 bridgehead atoms. The van der Waals surface area contributed by atoms with E-state index >= 15 is 0 Å². The Morgan fingerprint density at radius 1 is 1.17 bits per heavy atom. The highest BCUT2D eigenvalue weighted by molar-refractivity contribution is 7.18. The zero-order chi connectivity index (χ0) is 20.6. The monoisotopic (exact) mass is 421 g/mol. The molecule has 5 nitrogen and oxygen atoms in total. The summed E-state index contributed by atoms with van der Waals surface area (Å²) in [6, 6.07) is 4.26. The first kappa shape index (κ1) is 19.6. The quantitative estimate of drug-likeness (QED) is 0.654. The maximum Gasteiger partial charge on any atom is 0.416 e. The minimum Gasteiger partial charge on any atom is -0.326 e. The second-order valence-corrected chi connectivity index (χ2v) is 8.11. The van der Waals surface area contributed by atoms with Crippen LogP contribution in [0.25, 0.3) is 10.2 Å². The topological polar surface area (TPSA) is 74.8 Å². The molecule has 0 unspecified atom stereocenters. The third-order valence-corrected chi connectivity index (χ3v) is 6.14. The van der Waals surface area contributed by atoms with Crippen LogP contribution in [0.3, 0.4) is 0 Å². The number of aromatic nitrogens is 2. The largest absolute Gasteiger partial charge is 0.416 e. The van der Waals surface area contributed by atoms with Crippen LogP contribution in [0.15, 0.2) is 29.1 Å². The zero-order valence-corrected chi connectivity index (χ0v) is 16.2. The van der Waals surface area contributed by atoms with Crippen LogP contribution in [0.5, 0.6) is 0 Å². The Hall–Kier alpha value is -2.68. The van der Waals surface area contributed by atoms with Gasteiger partial charge in [-0.15, -0.1) is 11.3 Å². The molecular formula is C20H18F3N3O2S. The number of amides is 1. The van der Waals surface area contributed by atoms with E-state index in [4.69, 9.17) is 0 Å². The lowest BCUT2D eigenvalue weighted by Crippen LogP contribution is -2.16. The van der Waals surface area contributed by atoms with E-state index in [1.54, 1.807) is 11.3 Å². The summed E-state index contributed by atoms with van der Waals surface area (Å²) in [7, 11) is 0. The molecule has 3 aromatic rings. The van der Waals surface area contributed by atoms with Gasteiger partial charge in [-0.25, -0.2) is 4.98 Å². The van der Waals surface area contributed by atoms with Crippen LogP contribution in [0, 0.1) is 0 Å². The Bertz CT molecular complexity index is 1120. The molecular weight excluding hydrogens is 403 g/mol. The van der Waals surface area contributed by atoms with Gasteiger partial charge in [0.05, 0.1) is 10.9 Å². The highest BCUT2D eigenvalue weighted by Crippen LogP contribution is 2.33. The maximum atomic E-state index is 12.6. The number of aromatic amines is 1. The molecule has 1 aromatic carbocycles. The van der Waals surface area contributed by atoms with E-state index in [1.807, 2.05) is 0 Å². The second-order valence-electron chi connectivity index (χ2n) is 7.03. The van der Waals surface area contributed by atoms with E-state index < -0.39 is 11.7 Å². The maximum absolute atomic E-state index is 12.6. The Labute approximate surface area is 168 Å². The van der Waals surface area contributed by atoms with E-state index in [-0.39, 0.29) is 30.0 Å². The van der Waals surface area contributed by atoms with Crippen molar-refractivity contribution >= 4 is 33.1 Å². The van der Waals surface area contributed by atoms with Gasteiger partial charge in [0.2, 0.25) is 5.91 Å². The van der Waals surface area contributed by atoms with Gasteiger partial charge in [0.15, 0.2) is 0 Å². The summed E-state index contributed by atoms with van der Waals surface area (Å²) in [6.45, 7) is 0. The van der Waals surface area contributed by atoms with Gasteiger partial charge in [-0.1, -0.05) is 0 Å². The number of nitrogens with zero attached hydrogens (tertiary/aromatic N) is 1. The number of aryl methyl sites for hydroxylation is 3. The number of anilines is 1. The fourth-order valence-corrected chi connectivity index (χ4v) is 4.81. The van der Waals surface area contributed by atoms with Crippen LogP contribution in [0.2, 0.25) is 0 Å². The van der Waals surface area contributed by atoms with Crippen molar-refractivity contribution in [2.45, 2.75) is 44.7 Å². The molecule has 0 fully saturated rings. The third-order valence-electron chi connectivity index (χ3n) is 4.96.